The monoisotopic (exact) mass is 478 g/mol. The van der Waals surface area contributed by atoms with E-state index in [1.807, 2.05) is 79.7 Å². The summed E-state index contributed by atoms with van der Waals surface area (Å²) in [6.07, 6.45) is 2.06. The first-order chi connectivity index (χ1) is 17.6. The predicted molar refractivity (Wildman–Crippen MR) is 138 cm³/mol. The van der Waals surface area contributed by atoms with Crippen LogP contribution in [-0.4, -0.2) is 52.1 Å². The van der Waals surface area contributed by atoms with Gasteiger partial charge in [-0.05, 0) is 53.9 Å². The van der Waals surface area contributed by atoms with Gasteiger partial charge in [0.15, 0.2) is 0 Å². The Morgan fingerprint density at radius 3 is 2.53 bits per heavy atom. The van der Waals surface area contributed by atoms with Gasteiger partial charge < -0.3 is 14.6 Å². The molecule has 7 heteroatoms. The van der Waals surface area contributed by atoms with Gasteiger partial charge in [-0.15, -0.1) is 0 Å². The maximum atomic E-state index is 13.7. The van der Waals surface area contributed by atoms with Crippen molar-refractivity contribution in [2.24, 2.45) is 5.10 Å². The molecule has 0 radical (unpaired) electrons. The number of carbonyl (C=O) groups is 2. The van der Waals surface area contributed by atoms with E-state index in [2.05, 4.69) is 16.2 Å². The Hall–Kier alpha value is -4.39. The van der Waals surface area contributed by atoms with Crippen LogP contribution in [0.2, 0.25) is 0 Å². The van der Waals surface area contributed by atoms with Crippen molar-refractivity contribution in [3.05, 3.63) is 101 Å². The van der Waals surface area contributed by atoms with Crippen LogP contribution < -0.4 is 4.74 Å². The van der Waals surface area contributed by atoms with Crippen LogP contribution in [0.1, 0.15) is 35.3 Å². The van der Waals surface area contributed by atoms with Gasteiger partial charge in [0.1, 0.15) is 18.3 Å². The smallest absolute Gasteiger partial charge is 0.266 e. The van der Waals surface area contributed by atoms with Gasteiger partial charge in [0.2, 0.25) is 5.91 Å². The Balaban J connectivity index is 1.36. The summed E-state index contributed by atoms with van der Waals surface area (Å²) in [5.74, 6) is 0.480. The summed E-state index contributed by atoms with van der Waals surface area (Å²) in [7, 11) is 0. The number of fused-ring (bicyclic) bond motifs is 4. The van der Waals surface area contributed by atoms with Gasteiger partial charge in [0.25, 0.3) is 5.91 Å². The minimum absolute atomic E-state index is 0.0955. The third-order valence-electron chi connectivity index (χ3n) is 6.90. The number of hydrogen-bond acceptors (Lipinski definition) is 4. The van der Waals surface area contributed by atoms with Crippen molar-refractivity contribution in [2.45, 2.75) is 25.4 Å². The maximum Gasteiger partial charge on any atom is 0.266 e. The minimum Gasteiger partial charge on any atom is -0.494 e. The Labute approximate surface area is 209 Å². The molecule has 0 spiro atoms. The molecule has 4 aromatic rings. The lowest BCUT2D eigenvalue weighted by Crippen LogP contribution is -2.61. The lowest BCUT2D eigenvalue weighted by molar-refractivity contribution is -0.158. The van der Waals surface area contributed by atoms with Crippen molar-refractivity contribution < 1.29 is 14.3 Å². The van der Waals surface area contributed by atoms with Crippen LogP contribution in [0.15, 0.2) is 84.0 Å². The van der Waals surface area contributed by atoms with Crippen molar-refractivity contribution in [3.8, 4) is 5.75 Å². The summed E-state index contributed by atoms with van der Waals surface area (Å²) in [6, 6.07) is 24.5. The zero-order valence-electron chi connectivity index (χ0n) is 19.9. The Bertz CT molecular complexity index is 1460. The third-order valence-corrected chi connectivity index (χ3v) is 6.90. The van der Waals surface area contributed by atoms with Crippen LogP contribution in [0.3, 0.4) is 0 Å². The van der Waals surface area contributed by atoms with E-state index in [1.165, 1.54) is 5.01 Å². The number of hydrogen-bond donors (Lipinski definition) is 1. The molecule has 2 aliphatic rings. The molecule has 1 fully saturated rings. The maximum absolute atomic E-state index is 13.7. The molecule has 1 saturated heterocycles. The first kappa shape index (κ1) is 22.1. The van der Waals surface area contributed by atoms with Crippen molar-refractivity contribution in [2.75, 3.05) is 13.2 Å². The van der Waals surface area contributed by atoms with Crippen LogP contribution in [0.25, 0.3) is 10.9 Å². The molecule has 36 heavy (non-hydrogen) atoms. The lowest BCUT2D eigenvalue weighted by atomic mass is 9.86. The summed E-state index contributed by atoms with van der Waals surface area (Å²) < 4.78 is 5.48. The number of H-pyrrole nitrogens is 1. The van der Waals surface area contributed by atoms with Gasteiger partial charge >= 0.3 is 0 Å². The van der Waals surface area contributed by atoms with Gasteiger partial charge in [-0.25, -0.2) is 5.01 Å². The van der Waals surface area contributed by atoms with E-state index >= 15 is 0 Å². The van der Waals surface area contributed by atoms with Crippen LogP contribution in [0.4, 0.5) is 0 Å². The molecule has 1 unspecified atom stereocenters. The summed E-state index contributed by atoms with van der Waals surface area (Å²) in [5.41, 5.74) is 4.87. The summed E-state index contributed by atoms with van der Waals surface area (Å²) >= 11 is 0. The highest BCUT2D eigenvalue weighted by Crippen LogP contribution is 2.42. The van der Waals surface area contributed by atoms with Gasteiger partial charge in [-0.2, -0.15) is 5.10 Å². The van der Waals surface area contributed by atoms with E-state index < -0.39 is 6.04 Å². The second-order valence-electron chi connectivity index (χ2n) is 9.04. The van der Waals surface area contributed by atoms with E-state index in [0.717, 1.165) is 39.0 Å². The van der Waals surface area contributed by atoms with E-state index in [9.17, 15) is 9.59 Å². The highest BCUT2D eigenvalue weighted by molar-refractivity contribution is 5.98. The molecule has 0 aliphatic carbocycles. The quantitative estimate of drug-likeness (QED) is 0.435. The molecular formula is C29H26N4O3. The molecule has 1 aromatic heterocycles. The number of para-hydroxylation sites is 1. The number of benzene rings is 3. The summed E-state index contributed by atoms with van der Waals surface area (Å²) in [5, 5.41) is 6.81. The van der Waals surface area contributed by atoms with Crippen LogP contribution in [0.5, 0.6) is 5.75 Å². The van der Waals surface area contributed by atoms with E-state index in [0.29, 0.717) is 13.0 Å². The zero-order valence-corrected chi connectivity index (χ0v) is 19.9. The molecule has 1 N–H and O–H groups in total. The number of nitrogens with one attached hydrogen (secondary N) is 1. The summed E-state index contributed by atoms with van der Waals surface area (Å²) in [6.45, 7) is 2.43. The van der Waals surface area contributed by atoms with Gasteiger partial charge in [0, 0.05) is 23.0 Å². The molecular weight excluding hydrogens is 452 g/mol. The van der Waals surface area contributed by atoms with Crippen molar-refractivity contribution in [3.63, 3.8) is 0 Å². The van der Waals surface area contributed by atoms with E-state index in [-0.39, 0.29) is 24.4 Å². The van der Waals surface area contributed by atoms with E-state index in [1.54, 1.807) is 11.1 Å². The number of rotatable bonds is 5. The highest BCUT2D eigenvalue weighted by atomic mass is 16.5. The average molecular weight is 479 g/mol. The first-order valence-corrected chi connectivity index (χ1v) is 12.2. The molecule has 2 atom stereocenters. The number of hydrazone groups is 1. The number of nitrogens with zero attached hydrogens (tertiary/aromatic N) is 3. The van der Waals surface area contributed by atoms with Gasteiger partial charge in [-0.1, -0.05) is 48.5 Å². The first-order valence-electron chi connectivity index (χ1n) is 12.2. The molecule has 0 saturated carbocycles. The van der Waals surface area contributed by atoms with Gasteiger partial charge in [-0.3, -0.25) is 9.59 Å². The normalized spacial score (nSPS) is 19.6. The van der Waals surface area contributed by atoms with E-state index in [4.69, 9.17) is 4.74 Å². The van der Waals surface area contributed by atoms with Crippen LogP contribution in [-0.2, 0) is 16.0 Å². The zero-order chi connectivity index (χ0) is 24.6. The molecule has 2 aliphatic heterocycles. The highest BCUT2D eigenvalue weighted by Gasteiger charge is 2.48. The van der Waals surface area contributed by atoms with Gasteiger partial charge in [0.05, 0.1) is 18.9 Å². The SMILES string of the molecule is CCOc1ccc(/C=N/N2CC(=O)N3C(c4ccccc4)c4[nH]c5ccccc5c4C[C@H]3C2=O)cc1. The fraction of sp³-hybridized carbons (Fsp3) is 0.207. The number of amides is 2. The summed E-state index contributed by atoms with van der Waals surface area (Å²) in [4.78, 5) is 32.5. The standard InChI is InChI=1S/C29H26N4O3/c1-2-36-21-14-12-19(13-15-21)17-30-32-18-26(34)33-25(29(32)35)16-23-22-10-6-7-11-24(22)31-27(23)28(33)20-8-4-3-5-9-20/h3-15,17,25,28,31H,2,16,18H2,1H3/b30-17+/t25-,28?/m0/s1. The molecule has 180 valence electrons. The molecule has 3 heterocycles. The molecule has 3 aromatic carbocycles. The molecule has 6 rings (SSSR count). The largest absolute Gasteiger partial charge is 0.494 e. The predicted octanol–water partition coefficient (Wildman–Crippen LogP) is 4.29. The number of aromatic nitrogens is 1. The Morgan fingerprint density at radius 1 is 1.00 bits per heavy atom. The second kappa shape index (κ2) is 9.00. The van der Waals surface area contributed by atoms with Crippen molar-refractivity contribution in [1.82, 2.24) is 14.9 Å². The second-order valence-corrected chi connectivity index (χ2v) is 9.04. The number of piperazine rings is 1. The van der Waals surface area contributed by atoms with Crippen molar-refractivity contribution in [1.29, 1.82) is 0 Å². The Morgan fingerprint density at radius 2 is 1.75 bits per heavy atom. The molecule has 7 nitrogen and oxygen atoms in total. The van der Waals surface area contributed by atoms with Crippen LogP contribution >= 0.6 is 0 Å². The molecule has 2 amide bonds. The number of carbonyl (C=O) groups excluding carboxylic acids is 2. The fourth-order valence-corrected chi connectivity index (χ4v) is 5.28. The van der Waals surface area contributed by atoms with Crippen molar-refractivity contribution >= 4 is 28.9 Å². The third kappa shape index (κ3) is 3.73. The molecule has 0 bridgehead atoms. The Kier molecular flexibility index (Phi) is 5.52. The topological polar surface area (TPSA) is 78.0 Å². The average Bonchev–Trinajstić information content (AvgIpc) is 3.28. The minimum atomic E-state index is -0.624. The number of ether oxygens (including phenoxy) is 1. The fourth-order valence-electron chi connectivity index (χ4n) is 5.28. The lowest BCUT2D eigenvalue weighted by Gasteiger charge is -2.45. The van der Waals surface area contributed by atoms with Crippen LogP contribution in [0, 0.1) is 0 Å². The number of aromatic amines is 1.